The lowest BCUT2D eigenvalue weighted by Crippen LogP contribution is -2.32. The van der Waals surface area contributed by atoms with Crippen LogP contribution in [-0.2, 0) is 0 Å². The molecule has 0 radical (unpaired) electrons. The van der Waals surface area contributed by atoms with Gasteiger partial charge < -0.3 is 15.1 Å². The van der Waals surface area contributed by atoms with Crippen LogP contribution in [0.5, 0.6) is 0 Å². The fourth-order valence-corrected chi connectivity index (χ4v) is 1.00. The van der Waals surface area contributed by atoms with Crippen LogP contribution in [0.4, 0.5) is 0 Å². The Hall–Kier alpha value is -2.18. The number of aromatic nitrogens is 4. The highest BCUT2D eigenvalue weighted by Gasteiger charge is 2.10. The average Bonchev–Trinajstić information content (AvgIpc) is 2.12. The van der Waals surface area contributed by atoms with Crippen LogP contribution < -0.4 is 9.27 Å². The molecular formula is C6H4N4O3. The first-order valence-electron chi connectivity index (χ1n) is 3.39. The van der Waals surface area contributed by atoms with E-state index in [0.29, 0.717) is 9.16 Å². The molecule has 7 heteroatoms. The maximum Gasteiger partial charge on any atom is 0.316 e. The lowest BCUT2D eigenvalue weighted by atomic mass is 10.4. The van der Waals surface area contributed by atoms with E-state index < -0.39 is 0 Å². The first-order chi connectivity index (χ1) is 6.18. The van der Waals surface area contributed by atoms with Crippen LogP contribution in [0.25, 0.3) is 11.0 Å². The lowest BCUT2D eigenvalue weighted by molar-refractivity contribution is -0.668. The zero-order valence-electron chi connectivity index (χ0n) is 6.32. The minimum atomic E-state index is -0.0116. The maximum atomic E-state index is 11.1. The molecule has 0 bridgehead atoms. The number of hydrogen-bond acceptors (Lipinski definition) is 4. The number of rotatable bonds is 0. The molecule has 0 N–H and O–H groups in total. The third-order valence-electron chi connectivity index (χ3n) is 1.60. The minimum absolute atomic E-state index is 0.0116. The molecule has 66 valence electrons. The van der Waals surface area contributed by atoms with E-state index in [4.69, 9.17) is 0 Å². The predicted octanol–water partition coefficient (Wildman–Crippen LogP) is -1.07. The SMILES string of the molecule is O=[n+]1ccn([O-])c2c[n+]([O-])ncc21. The van der Waals surface area contributed by atoms with Crippen molar-refractivity contribution in [3.63, 3.8) is 0 Å². The van der Waals surface area contributed by atoms with Crippen molar-refractivity contribution in [2.75, 3.05) is 0 Å². The largest absolute Gasteiger partial charge is 0.805 e. The van der Waals surface area contributed by atoms with Gasteiger partial charge in [0.15, 0.2) is 11.7 Å². The van der Waals surface area contributed by atoms with Gasteiger partial charge in [-0.05, 0) is 0 Å². The van der Waals surface area contributed by atoms with E-state index in [2.05, 4.69) is 5.10 Å². The molecule has 2 aromatic rings. The fraction of sp³-hybridized carbons (Fsp3) is 0. The molecule has 0 amide bonds. The summed E-state index contributed by atoms with van der Waals surface area (Å²) in [7, 11) is 0. The molecule has 0 atom stereocenters. The summed E-state index contributed by atoms with van der Waals surface area (Å²) < 4.78 is 0.899. The van der Waals surface area contributed by atoms with Crippen LogP contribution in [-0.4, -0.2) is 9.83 Å². The van der Waals surface area contributed by atoms with Gasteiger partial charge in [-0.1, -0.05) is 4.85 Å². The standard InChI is InChI=1S/C6H4N4O3/c11-8-1-2-9(12)6-4-10(13)7-3-5(6)8/h1-4H. The van der Waals surface area contributed by atoms with Crippen molar-refractivity contribution in [1.82, 2.24) is 9.83 Å². The van der Waals surface area contributed by atoms with Gasteiger partial charge in [0, 0.05) is 10.0 Å². The van der Waals surface area contributed by atoms with Crippen molar-refractivity contribution in [3.05, 3.63) is 40.1 Å². The summed E-state index contributed by atoms with van der Waals surface area (Å²) >= 11 is 0. The predicted molar refractivity (Wildman–Crippen MR) is 40.8 cm³/mol. The molecule has 0 aliphatic rings. The summed E-state index contributed by atoms with van der Waals surface area (Å²) in [6.07, 6.45) is 4.06. The van der Waals surface area contributed by atoms with E-state index in [1.54, 1.807) is 0 Å². The van der Waals surface area contributed by atoms with Crippen molar-refractivity contribution in [2.24, 2.45) is 0 Å². The molecule has 0 fully saturated rings. The lowest BCUT2D eigenvalue weighted by Gasteiger charge is -2.07. The Morgan fingerprint density at radius 2 is 2.31 bits per heavy atom. The van der Waals surface area contributed by atoms with Crippen LogP contribution >= 0.6 is 0 Å². The van der Waals surface area contributed by atoms with Crippen molar-refractivity contribution in [2.45, 2.75) is 0 Å². The molecule has 2 heterocycles. The molecule has 0 aliphatic carbocycles. The van der Waals surface area contributed by atoms with E-state index in [-0.39, 0.29) is 15.9 Å². The van der Waals surface area contributed by atoms with Gasteiger partial charge in [0.2, 0.25) is 12.4 Å². The summed E-state index contributed by atoms with van der Waals surface area (Å²) in [6.45, 7) is 0. The quantitative estimate of drug-likeness (QED) is 0.381. The molecular weight excluding hydrogens is 176 g/mol. The highest BCUT2D eigenvalue weighted by Crippen LogP contribution is 2.01. The van der Waals surface area contributed by atoms with E-state index in [1.807, 2.05) is 0 Å². The Morgan fingerprint density at radius 3 is 3.08 bits per heavy atom. The number of fused-ring (bicyclic) bond motifs is 1. The summed E-state index contributed by atoms with van der Waals surface area (Å²) in [6, 6.07) is 0. The van der Waals surface area contributed by atoms with Gasteiger partial charge in [0.05, 0.1) is 10.6 Å². The second kappa shape index (κ2) is 2.41. The smallest absolute Gasteiger partial charge is 0.316 e. The van der Waals surface area contributed by atoms with Crippen LogP contribution in [0.15, 0.2) is 24.8 Å². The summed E-state index contributed by atoms with van der Waals surface area (Å²) in [5.74, 6) is 0. The van der Waals surface area contributed by atoms with Crippen LogP contribution in [0.2, 0.25) is 0 Å². The van der Waals surface area contributed by atoms with E-state index >= 15 is 0 Å². The highest BCUT2D eigenvalue weighted by atomic mass is 16.5. The van der Waals surface area contributed by atoms with Crippen LogP contribution in [0, 0.1) is 15.3 Å². The summed E-state index contributed by atoms with van der Waals surface area (Å²) in [5, 5.41) is 25.1. The molecule has 2 rings (SSSR count). The Kier molecular flexibility index (Phi) is 1.38. The molecule has 0 spiro atoms. The summed E-state index contributed by atoms with van der Waals surface area (Å²) in [4.78, 5) is 11.3. The first-order valence-corrected chi connectivity index (χ1v) is 3.39. The van der Waals surface area contributed by atoms with E-state index in [9.17, 15) is 15.3 Å². The van der Waals surface area contributed by atoms with Crippen LogP contribution in [0.3, 0.4) is 0 Å². The third kappa shape index (κ3) is 1.06. The average molecular weight is 180 g/mol. The Labute approximate surface area is 71.2 Å². The second-order valence-corrected chi connectivity index (χ2v) is 2.40. The molecule has 0 unspecified atom stereocenters. The van der Waals surface area contributed by atoms with Gasteiger partial charge in [-0.2, -0.15) is 0 Å². The fourth-order valence-electron chi connectivity index (χ4n) is 1.00. The monoisotopic (exact) mass is 180 g/mol. The Balaban J connectivity index is 3.01. The van der Waals surface area contributed by atoms with Gasteiger partial charge in [-0.3, -0.25) is 0 Å². The number of nitrogens with zero attached hydrogens (tertiary/aromatic N) is 4. The van der Waals surface area contributed by atoms with Gasteiger partial charge in [0.25, 0.3) is 0 Å². The first kappa shape index (κ1) is 7.47. The van der Waals surface area contributed by atoms with E-state index in [1.165, 1.54) is 0 Å². The van der Waals surface area contributed by atoms with Gasteiger partial charge in [-0.15, -0.1) is 0 Å². The molecule has 0 aliphatic heterocycles. The minimum Gasteiger partial charge on any atom is -0.805 e. The highest BCUT2D eigenvalue weighted by molar-refractivity contribution is 5.68. The second-order valence-electron chi connectivity index (χ2n) is 2.40. The molecule has 13 heavy (non-hydrogen) atoms. The van der Waals surface area contributed by atoms with Crippen molar-refractivity contribution >= 4 is 11.0 Å². The molecule has 0 aromatic carbocycles. The Bertz CT molecular complexity index is 521. The van der Waals surface area contributed by atoms with Crippen molar-refractivity contribution < 1.29 is 9.27 Å². The summed E-state index contributed by atoms with van der Waals surface area (Å²) in [5.41, 5.74) is 0.0482. The normalized spacial score (nSPS) is 10.5. The van der Waals surface area contributed by atoms with Gasteiger partial charge >= 0.3 is 5.52 Å². The van der Waals surface area contributed by atoms with Gasteiger partial charge in [0.1, 0.15) is 0 Å². The van der Waals surface area contributed by atoms with Crippen molar-refractivity contribution in [1.29, 1.82) is 0 Å². The third-order valence-corrected chi connectivity index (χ3v) is 1.60. The molecule has 0 saturated carbocycles. The maximum absolute atomic E-state index is 11.1. The molecule has 2 aromatic heterocycles. The zero-order chi connectivity index (χ0) is 9.42. The Morgan fingerprint density at radius 1 is 1.54 bits per heavy atom. The molecule has 7 nitrogen and oxygen atoms in total. The molecule has 0 saturated heterocycles. The van der Waals surface area contributed by atoms with Crippen LogP contribution in [0.1, 0.15) is 0 Å². The number of hydrogen-bond donors (Lipinski definition) is 0. The van der Waals surface area contributed by atoms with Gasteiger partial charge in [-0.25, -0.2) is 0 Å². The topological polar surface area (TPSA) is 90.8 Å². The zero-order valence-corrected chi connectivity index (χ0v) is 6.32. The van der Waals surface area contributed by atoms with E-state index in [0.717, 1.165) is 24.8 Å². The van der Waals surface area contributed by atoms with Crippen molar-refractivity contribution in [3.8, 4) is 0 Å².